The van der Waals surface area contributed by atoms with E-state index in [0.29, 0.717) is 0 Å². The van der Waals surface area contributed by atoms with Crippen LogP contribution in [-0.2, 0) is 0 Å². The van der Waals surface area contributed by atoms with E-state index in [1.165, 1.54) is 6.07 Å². The van der Waals surface area contributed by atoms with Gasteiger partial charge in [-0.3, -0.25) is 0 Å². The first-order valence-corrected chi connectivity index (χ1v) is 5.00. The second-order valence-corrected chi connectivity index (χ2v) is 3.53. The van der Waals surface area contributed by atoms with Crippen LogP contribution < -0.4 is 0 Å². The minimum atomic E-state index is -1.44. The molecule has 0 amide bonds. The molecule has 0 aliphatic rings. The number of aliphatic hydroxyl groups excluding tert-OH is 2. The summed E-state index contributed by atoms with van der Waals surface area (Å²) in [6.45, 7) is 0. The van der Waals surface area contributed by atoms with E-state index in [2.05, 4.69) is 12.6 Å². The van der Waals surface area contributed by atoms with Crippen molar-refractivity contribution < 1.29 is 19.0 Å². The molecule has 2 N–H and O–H groups in total. The lowest BCUT2D eigenvalue weighted by atomic mass is 10.0. The molecule has 0 bridgehead atoms. The fourth-order valence-electron chi connectivity index (χ4n) is 1.19. The Hall–Kier alpha value is -1.16. The molecule has 1 aromatic rings. The van der Waals surface area contributed by atoms with Crippen LogP contribution in [-0.4, -0.2) is 22.1 Å². The summed E-state index contributed by atoms with van der Waals surface area (Å²) < 4.78 is 26.3. The summed E-state index contributed by atoms with van der Waals surface area (Å²) in [4.78, 5) is 0. The van der Waals surface area contributed by atoms with Crippen molar-refractivity contribution in [3.63, 3.8) is 0 Å². The highest BCUT2D eigenvalue weighted by atomic mass is 32.1. The standard InChI is InChI=1S/C10H9F2NO2S/c11-7-1-5(10(15)9(14)4-16)2-8(12)6(7)3-13/h1-2,9-10,14-16H,4H2. The summed E-state index contributed by atoms with van der Waals surface area (Å²) in [7, 11) is 0. The van der Waals surface area contributed by atoms with E-state index in [4.69, 9.17) is 5.26 Å². The van der Waals surface area contributed by atoms with Gasteiger partial charge < -0.3 is 10.2 Å². The van der Waals surface area contributed by atoms with Gasteiger partial charge in [-0.25, -0.2) is 8.78 Å². The number of nitriles is 1. The van der Waals surface area contributed by atoms with Gasteiger partial charge in [0, 0.05) is 5.75 Å². The van der Waals surface area contributed by atoms with Crippen LogP contribution in [0.4, 0.5) is 8.78 Å². The van der Waals surface area contributed by atoms with Crippen molar-refractivity contribution in [2.75, 3.05) is 5.75 Å². The van der Waals surface area contributed by atoms with E-state index in [0.717, 1.165) is 12.1 Å². The Labute approximate surface area is 96.4 Å². The highest BCUT2D eigenvalue weighted by molar-refractivity contribution is 7.80. The molecule has 0 aromatic heterocycles. The lowest BCUT2D eigenvalue weighted by molar-refractivity contribution is 0.0334. The normalized spacial score (nSPS) is 14.2. The van der Waals surface area contributed by atoms with E-state index >= 15 is 0 Å². The van der Waals surface area contributed by atoms with Gasteiger partial charge in [-0.1, -0.05) is 0 Å². The Morgan fingerprint density at radius 3 is 2.19 bits per heavy atom. The topological polar surface area (TPSA) is 64.2 Å². The van der Waals surface area contributed by atoms with E-state index in [-0.39, 0.29) is 11.3 Å². The number of rotatable bonds is 3. The summed E-state index contributed by atoms with van der Waals surface area (Å²) in [6, 6.07) is 3.00. The molecule has 0 radical (unpaired) electrons. The number of hydrogen-bond acceptors (Lipinski definition) is 4. The zero-order valence-electron chi connectivity index (χ0n) is 8.06. The predicted molar refractivity (Wildman–Crippen MR) is 55.9 cm³/mol. The molecule has 6 heteroatoms. The molecule has 0 spiro atoms. The van der Waals surface area contributed by atoms with Gasteiger partial charge >= 0.3 is 0 Å². The summed E-state index contributed by atoms with van der Waals surface area (Å²) >= 11 is 3.75. The van der Waals surface area contributed by atoms with Crippen LogP contribution in [0.2, 0.25) is 0 Å². The maximum atomic E-state index is 13.2. The number of halogens is 2. The fraction of sp³-hybridized carbons (Fsp3) is 0.300. The summed E-state index contributed by atoms with van der Waals surface area (Å²) in [5.74, 6) is -2.18. The third-order valence-electron chi connectivity index (χ3n) is 2.07. The minimum absolute atomic E-state index is 0.0512. The summed E-state index contributed by atoms with van der Waals surface area (Å²) in [5.41, 5.74) is -0.841. The number of thiol groups is 1. The van der Waals surface area contributed by atoms with Gasteiger partial charge in [-0.15, -0.1) is 0 Å². The average Bonchev–Trinajstić information content (AvgIpc) is 2.26. The van der Waals surface area contributed by atoms with Crippen molar-refractivity contribution >= 4 is 12.6 Å². The zero-order valence-corrected chi connectivity index (χ0v) is 8.96. The lowest BCUT2D eigenvalue weighted by Gasteiger charge is -2.16. The third-order valence-corrected chi connectivity index (χ3v) is 2.44. The molecule has 0 saturated carbocycles. The molecule has 0 aliphatic heterocycles. The van der Waals surface area contributed by atoms with Crippen molar-refractivity contribution in [1.82, 2.24) is 0 Å². The molecular formula is C10H9F2NO2S. The smallest absolute Gasteiger partial charge is 0.144 e. The maximum Gasteiger partial charge on any atom is 0.144 e. The summed E-state index contributed by atoms with van der Waals surface area (Å²) in [5, 5.41) is 27.2. The maximum absolute atomic E-state index is 13.2. The van der Waals surface area contributed by atoms with Crippen molar-refractivity contribution in [3.8, 4) is 6.07 Å². The second-order valence-electron chi connectivity index (χ2n) is 3.17. The Balaban J connectivity index is 3.14. The lowest BCUT2D eigenvalue weighted by Crippen LogP contribution is -2.20. The van der Waals surface area contributed by atoms with Gasteiger partial charge in [0.25, 0.3) is 0 Å². The molecular weight excluding hydrogens is 236 g/mol. The van der Waals surface area contributed by atoms with Gasteiger partial charge in [0.2, 0.25) is 0 Å². The number of aliphatic hydroxyl groups is 2. The number of nitrogens with zero attached hydrogens (tertiary/aromatic N) is 1. The Morgan fingerprint density at radius 1 is 1.31 bits per heavy atom. The van der Waals surface area contributed by atoms with Crippen molar-refractivity contribution in [2.45, 2.75) is 12.2 Å². The SMILES string of the molecule is N#Cc1c(F)cc(C(O)C(O)CS)cc1F. The molecule has 0 heterocycles. The molecule has 0 aliphatic carbocycles. The van der Waals surface area contributed by atoms with Crippen LogP contribution in [0.5, 0.6) is 0 Å². The number of hydrogen-bond donors (Lipinski definition) is 3. The first-order valence-electron chi connectivity index (χ1n) is 4.37. The number of benzene rings is 1. The van der Waals surface area contributed by atoms with Gasteiger partial charge in [0.15, 0.2) is 0 Å². The highest BCUT2D eigenvalue weighted by Crippen LogP contribution is 2.22. The van der Waals surface area contributed by atoms with Crippen LogP contribution in [0, 0.1) is 23.0 Å². The van der Waals surface area contributed by atoms with Crippen LogP contribution in [0.1, 0.15) is 17.2 Å². The highest BCUT2D eigenvalue weighted by Gasteiger charge is 2.20. The second kappa shape index (κ2) is 5.25. The fourth-order valence-corrected chi connectivity index (χ4v) is 1.39. The molecule has 1 rings (SSSR count). The summed E-state index contributed by atoms with van der Waals surface area (Å²) in [6.07, 6.45) is -2.66. The molecule has 16 heavy (non-hydrogen) atoms. The molecule has 0 fully saturated rings. The van der Waals surface area contributed by atoms with Gasteiger partial charge in [0.05, 0.1) is 6.10 Å². The molecule has 3 nitrogen and oxygen atoms in total. The van der Waals surface area contributed by atoms with Crippen molar-refractivity contribution in [2.24, 2.45) is 0 Å². The Kier molecular flexibility index (Phi) is 4.24. The van der Waals surface area contributed by atoms with Gasteiger partial charge in [-0.05, 0) is 17.7 Å². The van der Waals surface area contributed by atoms with Gasteiger partial charge in [-0.2, -0.15) is 17.9 Å². The Morgan fingerprint density at radius 2 is 1.81 bits per heavy atom. The molecule has 1 aromatic carbocycles. The van der Waals surface area contributed by atoms with Crippen LogP contribution >= 0.6 is 12.6 Å². The van der Waals surface area contributed by atoms with E-state index in [9.17, 15) is 19.0 Å². The van der Waals surface area contributed by atoms with Crippen molar-refractivity contribution in [3.05, 3.63) is 34.9 Å². The molecule has 2 unspecified atom stereocenters. The Bertz CT molecular complexity index is 410. The van der Waals surface area contributed by atoms with E-state index in [1.807, 2.05) is 0 Å². The average molecular weight is 245 g/mol. The minimum Gasteiger partial charge on any atom is -0.389 e. The molecule has 2 atom stereocenters. The van der Waals surface area contributed by atoms with Crippen LogP contribution in [0.25, 0.3) is 0 Å². The molecule has 86 valence electrons. The van der Waals surface area contributed by atoms with E-state index in [1.54, 1.807) is 0 Å². The first-order chi connectivity index (χ1) is 7.51. The zero-order chi connectivity index (χ0) is 12.3. The van der Waals surface area contributed by atoms with Gasteiger partial charge in [0.1, 0.15) is 29.4 Å². The van der Waals surface area contributed by atoms with Crippen molar-refractivity contribution in [1.29, 1.82) is 5.26 Å². The third kappa shape index (κ3) is 2.50. The van der Waals surface area contributed by atoms with Crippen LogP contribution in [0.15, 0.2) is 12.1 Å². The monoisotopic (exact) mass is 245 g/mol. The quantitative estimate of drug-likeness (QED) is 0.700. The molecule has 0 saturated heterocycles. The first kappa shape index (κ1) is 12.9. The predicted octanol–water partition coefficient (Wildman–Crippen LogP) is 1.16. The largest absolute Gasteiger partial charge is 0.389 e. The van der Waals surface area contributed by atoms with E-state index < -0.39 is 29.4 Å². The van der Waals surface area contributed by atoms with Crippen LogP contribution in [0.3, 0.4) is 0 Å².